The zero-order valence-corrected chi connectivity index (χ0v) is 11.1. The summed E-state index contributed by atoms with van der Waals surface area (Å²) in [5.41, 5.74) is 8.53. The van der Waals surface area contributed by atoms with Crippen molar-refractivity contribution in [3.8, 4) is 0 Å². The van der Waals surface area contributed by atoms with Crippen molar-refractivity contribution in [3.63, 3.8) is 0 Å². The Morgan fingerprint density at radius 3 is 2.10 bits per heavy atom. The van der Waals surface area contributed by atoms with Gasteiger partial charge in [-0.25, -0.2) is 0 Å². The topological polar surface area (TPSA) is 109 Å². The number of hydrogen-bond acceptors (Lipinski definition) is 3. The lowest BCUT2D eigenvalue weighted by Crippen LogP contribution is -2.13. The van der Waals surface area contributed by atoms with Crippen molar-refractivity contribution < 1.29 is 9.49 Å². The van der Waals surface area contributed by atoms with Gasteiger partial charge in [0.15, 0.2) is 0 Å². The van der Waals surface area contributed by atoms with Crippen LogP contribution in [0.4, 0.5) is 5.69 Å². The molecule has 0 aliphatic carbocycles. The second-order valence-electron chi connectivity index (χ2n) is 3.86. The number of nitrogens with zero attached hydrogens (tertiary/aromatic N) is 4. The Bertz CT molecular complexity index is 724. The van der Waals surface area contributed by atoms with Gasteiger partial charge < -0.3 is 4.57 Å². The third kappa shape index (κ3) is 2.54. The SMILES string of the molecule is [N-]=[N+]=NP(=O)(c1ccccc1)c1ccc([N+](=O)[O-])cc1. The molecule has 100 valence electrons. The largest absolute Gasteiger partial charge is 0.307 e. The van der Waals surface area contributed by atoms with Crippen molar-refractivity contribution >= 4 is 23.6 Å². The number of nitro groups is 1. The molecule has 0 aliphatic heterocycles. The summed E-state index contributed by atoms with van der Waals surface area (Å²) in [4.78, 5) is 16.1. The molecule has 0 N–H and O–H groups in total. The third-order valence-corrected chi connectivity index (χ3v) is 5.01. The van der Waals surface area contributed by atoms with Crippen LogP contribution in [0.5, 0.6) is 0 Å². The Morgan fingerprint density at radius 2 is 1.60 bits per heavy atom. The highest BCUT2D eigenvalue weighted by Gasteiger charge is 2.26. The highest BCUT2D eigenvalue weighted by Crippen LogP contribution is 2.45. The molecule has 1 atom stereocenters. The molecule has 0 amide bonds. The maximum absolute atomic E-state index is 12.9. The molecular weight excluding hydrogens is 279 g/mol. The van der Waals surface area contributed by atoms with Gasteiger partial charge in [0.2, 0.25) is 7.29 Å². The van der Waals surface area contributed by atoms with E-state index in [4.69, 9.17) is 5.53 Å². The zero-order valence-electron chi connectivity index (χ0n) is 10.2. The van der Waals surface area contributed by atoms with Gasteiger partial charge in [-0.15, -0.1) is 0 Å². The van der Waals surface area contributed by atoms with E-state index in [0.29, 0.717) is 5.30 Å². The number of benzene rings is 2. The Kier molecular flexibility index (Phi) is 3.84. The van der Waals surface area contributed by atoms with Crippen LogP contribution >= 0.6 is 7.29 Å². The van der Waals surface area contributed by atoms with Crippen molar-refractivity contribution in [1.82, 2.24) is 0 Å². The number of hydrogen-bond donors (Lipinski definition) is 0. The van der Waals surface area contributed by atoms with Gasteiger partial charge in [-0.3, -0.25) is 10.1 Å². The molecular formula is C12H9N4O3P. The van der Waals surface area contributed by atoms with Crippen molar-refractivity contribution in [2.75, 3.05) is 0 Å². The highest BCUT2D eigenvalue weighted by atomic mass is 31.2. The summed E-state index contributed by atoms with van der Waals surface area (Å²) >= 11 is 0. The first kappa shape index (κ1) is 13.8. The van der Waals surface area contributed by atoms with Crippen LogP contribution in [0.2, 0.25) is 0 Å². The van der Waals surface area contributed by atoms with E-state index in [-0.39, 0.29) is 11.0 Å². The molecule has 0 heterocycles. The van der Waals surface area contributed by atoms with Gasteiger partial charge in [0, 0.05) is 27.7 Å². The number of nitro benzene ring substituents is 1. The van der Waals surface area contributed by atoms with E-state index in [1.165, 1.54) is 24.3 Å². The molecule has 0 spiro atoms. The van der Waals surface area contributed by atoms with Gasteiger partial charge in [0.1, 0.15) is 0 Å². The van der Waals surface area contributed by atoms with Crippen LogP contribution in [0.15, 0.2) is 59.5 Å². The molecule has 8 heteroatoms. The van der Waals surface area contributed by atoms with Crippen LogP contribution in [0.3, 0.4) is 0 Å². The van der Waals surface area contributed by atoms with Gasteiger partial charge in [0.05, 0.1) is 4.92 Å². The molecule has 0 saturated carbocycles. The van der Waals surface area contributed by atoms with Gasteiger partial charge >= 0.3 is 0 Å². The second-order valence-corrected chi connectivity index (χ2v) is 6.23. The Balaban J connectivity index is 2.57. The van der Waals surface area contributed by atoms with Gasteiger partial charge in [0.25, 0.3) is 5.69 Å². The molecule has 0 aromatic heterocycles. The first-order chi connectivity index (χ1) is 9.58. The average Bonchev–Trinajstić information content (AvgIpc) is 2.48. The van der Waals surface area contributed by atoms with E-state index in [9.17, 15) is 14.7 Å². The molecule has 2 aromatic carbocycles. The zero-order chi connectivity index (χ0) is 14.6. The fraction of sp³-hybridized carbons (Fsp3) is 0. The summed E-state index contributed by atoms with van der Waals surface area (Å²) in [6.07, 6.45) is 0. The smallest absolute Gasteiger partial charge is 0.269 e. The van der Waals surface area contributed by atoms with Crippen LogP contribution in [0.1, 0.15) is 0 Å². The molecule has 0 saturated heterocycles. The van der Waals surface area contributed by atoms with Gasteiger partial charge in [-0.05, 0) is 22.5 Å². The first-order valence-electron chi connectivity index (χ1n) is 5.55. The Labute approximate surface area is 114 Å². The van der Waals surface area contributed by atoms with Gasteiger partial charge in [-0.2, -0.15) is 0 Å². The van der Waals surface area contributed by atoms with Crippen LogP contribution < -0.4 is 10.6 Å². The summed E-state index contributed by atoms with van der Waals surface area (Å²) < 4.78 is 12.9. The molecule has 1 unspecified atom stereocenters. The molecule has 0 fully saturated rings. The monoisotopic (exact) mass is 288 g/mol. The molecule has 2 rings (SSSR count). The summed E-state index contributed by atoms with van der Waals surface area (Å²) in [7, 11) is -3.49. The fourth-order valence-electron chi connectivity index (χ4n) is 1.72. The van der Waals surface area contributed by atoms with E-state index >= 15 is 0 Å². The summed E-state index contributed by atoms with van der Waals surface area (Å²) in [6.45, 7) is 0. The minimum atomic E-state index is -3.49. The second kappa shape index (κ2) is 5.57. The summed E-state index contributed by atoms with van der Waals surface area (Å²) in [5.74, 6) is 0. The highest BCUT2D eigenvalue weighted by molar-refractivity contribution is 7.77. The lowest BCUT2D eigenvalue weighted by atomic mass is 10.3. The molecule has 0 radical (unpaired) electrons. The van der Waals surface area contributed by atoms with E-state index < -0.39 is 12.2 Å². The Morgan fingerprint density at radius 1 is 1.05 bits per heavy atom. The van der Waals surface area contributed by atoms with E-state index in [1.807, 2.05) is 0 Å². The van der Waals surface area contributed by atoms with Crippen LogP contribution in [-0.2, 0) is 4.57 Å². The maximum Gasteiger partial charge on any atom is 0.269 e. The predicted octanol–water partition coefficient (Wildman–Crippen LogP) is 3.13. The molecule has 7 nitrogen and oxygen atoms in total. The number of non-ortho nitro benzene ring substituents is 1. The summed E-state index contributed by atoms with van der Waals surface area (Å²) in [6, 6.07) is 13.5. The molecule has 20 heavy (non-hydrogen) atoms. The summed E-state index contributed by atoms with van der Waals surface area (Å²) in [5, 5.41) is 11.2. The van der Waals surface area contributed by atoms with E-state index in [1.54, 1.807) is 30.3 Å². The van der Waals surface area contributed by atoms with Crippen LogP contribution in [-0.4, -0.2) is 4.92 Å². The lowest BCUT2D eigenvalue weighted by Gasteiger charge is -2.12. The maximum atomic E-state index is 12.9. The Hall–Kier alpha value is -2.62. The number of azide groups is 1. The van der Waals surface area contributed by atoms with Crippen molar-refractivity contribution in [1.29, 1.82) is 0 Å². The van der Waals surface area contributed by atoms with Crippen molar-refractivity contribution in [2.24, 2.45) is 4.88 Å². The molecule has 0 aliphatic rings. The number of rotatable bonds is 4. The fourth-order valence-corrected chi connectivity index (χ4v) is 3.46. The average molecular weight is 288 g/mol. The van der Waals surface area contributed by atoms with Crippen LogP contribution in [0.25, 0.3) is 10.4 Å². The standard InChI is InChI=1S/C12H9N4O3P/c13-14-15-20(19,11-4-2-1-3-5-11)12-8-6-10(7-9-12)16(17)18/h1-9H. The third-order valence-electron chi connectivity index (χ3n) is 2.68. The normalized spacial score (nSPS) is 13.0. The van der Waals surface area contributed by atoms with E-state index in [0.717, 1.165) is 0 Å². The van der Waals surface area contributed by atoms with Gasteiger partial charge in [-0.1, -0.05) is 30.3 Å². The van der Waals surface area contributed by atoms with E-state index in [2.05, 4.69) is 9.80 Å². The van der Waals surface area contributed by atoms with Crippen molar-refractivity contribution in [3.05, 3.63) is 75.2 Å². The van der Waals surface area contributed by atoms with Crippen LogP contribution in [0, 0.1) is 10.1 Å². The van der Waals surface area contributed by atoms with Crippen molar-refractivity contribution in [2.45, 2.75) is 0 Å². The minimum Gasteiger partial charge on any atom is -0.307 e. The lowest BCUT2D eigenvalue weighted by molar-refractivity contribution is -0.384. The minimum absolute atomic E-state index is 0.116. The molecule has 2 aromatic rings. The quantitative estimate of drug-likeness (QED) is 0.215. The predicted molar refractivity (Wildman–Crippen MR) is 75.6 cm³/mol. The first-order valence-corrected chi connectivity index (χ1v) is 7.21. The molecule has 0 bridgehead atoms.